The zero-order valence-electron chi connectivity index (χ0n) is 14.6. The summed E-state index contributed by atoms with van der Waals surface area (Å²) in [5.41, 5.74) is 1.22. The van der Waals surface area contributed by atoms with Crippen molar-refractivity contribution in [3.05, 3.63) is 41.0 Å². The van der Waals surface area contributed by atoms with E-state index in [1.807, 2.05) is 30.3 Å². The maximum atomic E-state index is 5.45. The van der Waals surface area contributed by atoms with Crippen LogP contribution in [0.5, 0.6) is 0 Å². The quantitative estimate of drug-likeness (QED) is 0.641. The van der Waals surface area contributed by atoms with Gasteiger partial charge in [0, 0.05) is 22.4 Å². The number of hydrogen-bond donors (Lipinski definition) is 2. The van der Waals surface area contributed by atoms with E-state index < -0.39 is 0 Å². The first-order chi connectivity index (χ1) is 12.6. The Bertz CT molecular complexity index is 793. The zero-order chi connectivity index (χ0) is 17.7. The first kappa shape index (κ1) is 16.8. The van der Waals surface area contributed by atoms with Gasteiger partial charge in [-0.1, -0.05) is 15.9 Å². The topological polar surface area (TPSA) is 41.9 Å². The van der Waals surface area contributed by atoms with E-state index in [9.17, 15) is 0 Å². The fourth-order valence-corrected chi connectivity index (χ4v) is 6.30. The number of thiocarbonyl (C=S) groups is 1. The fourth-order valence-electron chi connectivity index (χ4n) is 5.81. The summed E-state index contributed by atoms with van der Waals surface area (Å²) in [6, 6.07) is 10.0. The Morgan fingerprint density at radius 1 is 1.00 bits per heavy atom. The second-order valence-corrected chi connectivity index (χ2v) is 9.70. The van der Waals surface area contributed by atoms with Crippen LogP contribution < -0.4 is 10.6 Å². The van der Waals surface area contributed by atoms with E-state index in [4.69, 9.17) is 17.3 Å². The molecule has 136 valence electrons. The van der Waals surface area contributed by atoms with Gasteiger partial charge in [-0.3, -0.25) is 4.68 Å². The van der Waals surface area contributed by atoms with Gasteiger partial charge in [-0.2, -0.15) is 5.10 Å². The highest BCUT2D eigenvalue weighted by molar-refractivity contribution is 9.10. The predicted molar refractivity (Wildman–Crippen MR) is 112 cm³/mol. The molecule has 0 saturated heterocycles. The van der Waals surface area contributed by atoms with E-state index in [2.05, 4.69) is 37.4 Å². The van der Waals surface area contributed by atoms with E-state index in [0.717, 1.165) is 33.7 Å². The van der Waals surface area contributed by atoms with Gasteiger partial charge in [0.1, 0.15) is 0 Å². The molecule has 0 radical (unpaired) electrons. The van der Waals surface area contributed by atoms with Crippen LogP contribution in [0.3, 0.4) is 0 Å². The van der Waals surface area contributed by atoms with Gasteiger partial charge in [0.05, 0.1) is 5.54 Å². The van der Waals surface area contributed by atoms with Crippen LogP contribution in [0.15, 0.2) is 41.0 Å². The molecule has 0 unspecified atom stereocenters. The van der Waals surface area contributed by atoms with Gasteiger partial charge < -0.3 is 10.6 Å². The van der Waals surface area contributed by atoms with E-state index in [0.29, 0.717) is 5.11 Å². The minimum Gasteiger partial charge on any atom is -0.332 e. The Morgan fingerprint density at radius 2 is 1.62 bits per heavy atom. The molecule has 0 spiro atoms. The highest BCUT2D eigenvalue weighted by atomic mass is 79.9. The van der Waals surface area contributed by atoms with Crippen molar-refractivity contribution in [2.24, 2.45) is 17.8 Å². The lowest BCUT2D eigenvalue weighted by Crippen LogP contribution is -2.52. The molecule has 1 heterocycles. The summed E-state index contributed by atoms with van der Waals surface area (Å²) in [5, 5.41) is 11.9. The first-order valence-electron chi connectivity index (χ1n) is 9.48. The lowest BCUT2D eigenvalue weighted by molar-refractivity contribution is -0.0492. The van der Waals surface area contributed by atoms with Crippen LogP contribution in [-0.4, -0.2) is 14.9 Å². The number of rotatable bonds is 3. The summed E-state index contributed by atoms with van der Waals surface area (Å²) in [6.45, 7) is 0. The molecule has 4 bridgehead atoms. The predicted octanol–water partition coefficient (Wildman–Crippen LogP) is 5.38. The highest BCUT2D eigenvalue weighted by Crippen LogP contribution is 2.58. The summed E-state index contributed by atoms with van der Waals surface area (Å²) in [4.78, 5) is 0. The molecule has 4 nitrogen and oxygen atoms in total. The lowest BCUT2D eigenvalue weighted by Gasteiger charge is -2.56. The molecule has 6 rings (SSSR count). The van der Waals surface area contributed by atoms with Gasteiger partial charge in [-0.05, 0) is 92.8 Å². The zero-order valence-corrected chi connectivity index (χ0v) is 17.0. The molecule has 4 saturated carbocycles. The van der Waals surface area contributed by atoms with Crippen molar-refractivity contribution in [3.8, 4) is 0 Å². The standard InChI is InChI=1S/C20H23BrN4S/c21-16-1-3-17(4-2-16)22-19(26)23-18-5-6-25(24-18)20-10-13-7-14(11-20)9-15(8-13)12-20/h1-6,13-15H,7-12H2,(H2,22,23,24,26). The van der Waals surface area contributed by atoms with E-state index >= 15 is 0 Å². The lowest BCUT2D eigenvalue weighted by atomic mass is 9.53. The molecule has 4 aliphatic carbocycles. The monoisotopic (exact) mass is 430 g/mol. The molecule has 2 N–H and O–H groups in total. The Labute approximate surface area is 167 Å². The maximum absolute atomic E-state index is 5.45. The number of benzene rings is 1. The van der Waals surface area contributed by atoms with Crippen LogP contribution in [0.1, 0.15) is 38.5 Å². The molecule has 1 aromatic heterocycles. The van der Waals surface area contributed by atoms with Crippen molar-refractivity contribution < 1.29 is 0 Å². The number of aromatic nitrogens is 2. The molecule has 1 aromatic carbocycles. The third kappa shape index (κ3) is 3.07. The maximum Gasteiger partial charge on any atom is 0.176 e. The van der Waals surface area contributed by atoms with Crippen molar-refractivity contribution in [2.75, 3.05) is 10.6 Å². The van der Waals surface area contributed by atoms with Crippen molar-refractivity contribution >= 4 is 44.8 Å². The summed E-state index contributed by atoms with van der Waals surface area (Å²) in [7, 11) is 0. The van der Waals surface area contributed by atoms with Crippen LogP contribution >= 0.6 is 28.1 Å². The molecule has 0 amide bonds. The van der Waals surface area contributed by atoms with Crippen molar-refractivity contribution in [1.82, 2.24) is 9.78 Å². The SMILES string of the molecule is S=C(Nc1ccc(Br)cc1)Nc1ccn(C23CC4CC(CC(C4)C2)C3)n1. The Morgan fingerprint density at radius 3 is 2.23 bits per heavy atom. The summed E-state index contributed by atoms with van der Waals surface area (Å²) < 4.78 is 3.30. The Kier molecular flexibility index (Phi) is 4.09. The van der Waals surface area contributed by atoms with Crippen LogP contribution in [0.2, 0.25) is 0 Å². The third-order valence-corrected chi connectivity index (χ3v) is 7.16. The molecule has 0 aliphatic heterocycles. The number of halogens is 1. The van der Waals surface area contributed by atoms with Gasteiger partial charge in [0.2, 0.25) is 0 Å². The van der Waals surface area contributed by atoms with Gasteiger partial charge in [0.15, 0.2) is 10.9 Å². The fraction of sp³-hybridized carbons (Fsp3) is 0.500. The van der Waals surface area contributed by atoms with Gasteiger partial charge in [-0.15, -0.1) is 0 Å². The van der Waals surface area contributed by atoms with Gasteiger partial charge in [0.25, 0.3) is 0 Å². The molecule has 0 atom stereocenters. The molecule has 26 heavy (non-hydrogen) atoms. The Balaban J connectivity index is 1.28. The van der Waals surface area contributed by atoms with Crippen molar-refractivity contribution in [3.63, 3.8) is 0 Å². The van der Waals surface area contributed by atoms with Gasteiger partial charge in [-0.25, -0.2) is 0 Å². The smallest absolute Gasteiger partial charge is 0.176 e. The first-order valence-corrected chi connectivity index (χ1v) is 10.7. The molecular weight excluding hydrogens is 408 g/mol. The van der Waals surface area contributed by atoms with E-state index in [1.165, 1.54) is 38.5 Å². The average Bonchev–Trinajstić information content (AvgIpc) is 3.05. The molecule has 4 fully saturated rings. The number of nitrogens with zero attached hydrogens (tertiary/aromatic N) is 2. The second kappa shape index (κ2) is 6.34. The average molecular weight is 431 g/mol. The number of nitrogens with one attached hydrogen (secondary N) is 2. The molecule has 4 aliphatic rings. The van der Waals surface area contributed by atoms with Gasteiger partial charge >= 0.3 is 0 Å². The number of hydrogen-bond acceptors (Lipinski definition) is 2. The van der Waals surface area contributed by atoms with Crippen LogP contribution in [0.25, 0.3) is 0 Å². The second-order valence-electron chi connectivity index (χ2n) is 8.37. The van der Waals surface area contributed by atoms with Crippen molar-refractivity contribution in [2.45, 2.75) is 44.1 Å². The highest BCUT2D eigenvalue weighted by Gasteiger charge is 2.52. The summed E-state index contributed by atoms with van der Waals surface area (Å²) in [5.74, 6) is 3.58. The molecule has 2 aromatic rings. The minimum absolute atomic E-state index is 0.259. The van der Waals surface area contributed by atoms with Crippen molar-refractivity contribution in [1.29, 1.82) is 0 Å². The van der Waals surface area contributed by atoms with Crippen LogP contribution in [-0.2, 0) is 5.54 Å². The minimum atomic E-state index is 0.259. The summed E-state index contributed by atoms with van der Waals surface area (Å²) in [6.07, 6.45) is 10.4. The van der Waals surface area contributed by atoms with Crippen LogP contribution in [0, 0.1) is 17.8 Å². The Hall–Kier alpha value is -1.40. The number of anilines is 2. The normalized spacial score (nSPS) is 31.8. The largest absolute Gasteiger partial charge is 0.332 e. The third-order valence-electron chi connectivity index (χ3n) is 6.42. The molecular formula is C20H23BrN4S. The summed E-state index contributed by atoms with van der Waals surface area (Å²) >= 11 is 8.89. The van der Waals surface area contributed by atoms with Crippen LogP contribution in [0.4, 0.5) is 11.5 Å². The van der Waals surface area contributed by atoms with E-state index in [1.54, 1.807) is 0 Å². The molecule has 6 heteroatoms. The van der Waals surface area contributed by atoms with E-state index in [-0.39, 0.29) is 5.54 Å².